The summed E-state index contributed by atoms with van der Waals surface area (Å²) in [5.41, 5.74) is 0. The highest BCUT2D eigenvalue weighted by Crippen LogP contribution is 2.05. The van der Waals surface area contributed by atoms with Gasteiger partial charge in [-0.1, -0.05) is 0 Å². The molecule has 0 bridgehead atoms. The number of hydrogen-bond donors (Lipinski definition) is 0. The second-order valence-electron chi connectivity index (χ2n) is 2.40. The molecule has 1 fully saturated rings. The first-order chi connectivity index (χ1) is 4.83. The third-order valence-corrected chi connectivity index (χ3v) is 1.63. The van der Waals surface area contributed by atoms with Gasteiger partial charge in [0.25, 0.3) is 5.87 Å². The maximum atomic E-state index is 10.6. The summed E-state index contributed by atoms with van der Waals surface area (Å²) in [5.74, 6) is -0.248. The van der Waals surface area contributed by atoms with Crippen LogP contribution in [0.4, 0.5) is 4.79 Å². The van der Waals surface area contributed by atoms with Crippen LogP contribution in [0.25, 0.3) is 0 Å². The molecule has 0 aliphatic carbocycles. The van der Waals surface area contributed by atoms with Gasteiger partial charge in [-0.15, -0.1) is 0 Å². The lowest BCUT2D eigenvalue weighted by Gasteiger charge is -2.09. The summed E-state index contributed by atoms with van der Waals surface area (Å²) in [6.07, 6.45) is 2.38. The molecule has 1 saturated heterocycles. The smallest absolute Gasteiger partial charge is 0.357 e. The molecular weight excluding hydrogens is 129 g/mol. The van der Waals surface area contributed by atoms with Gasteiger partial charge in [-0.05, 0) is 25.9 Å². The van der Waals surface area contributed by atoms with Gasteiger partial charge in [0, 0.05) is 0 Å². The Morgan fingerprint density at radius 2 is 2.10 bits per heavy atom. The van der Waals surface area contributed by atoms with Crippen molar-refractivity contribution in [2.75, 3.05) is 20.2 Å². The van der Waals surface area contributed by atoms with Crippen LogP contribution in [0.1, 0.15) is 12.8 Å². The average Bonchev–Trinajstić information content (AvgIpc) is 2.40. The first-order valence-corrected chi connectivity index (χ1v) is 3.50. The molecule has 0 aromatic rings. The van der Waals surface area contributed by atoms with Gasteiger partial charge in [0.2, 0.25) is 0 Å². The Bertz CT molecular complexity index is 123. The van der Waals surface area contributed by atoms with E-state index in [0.29, 0.717) is 0 Å². The lowest BCUT2D eigenvalue weighted by molar-refractivity contribution is 0.195. The van der Waals surface area contributed by atoms with Crippen molar-refractivity contribution in [3.05, 3.63) is 0 Å². The number of nitrogens with zero attached hydrogens (tertiary/aromatic N) is 1. The van der Waals surface area contributed by atoms with Crippen LogP contribution in [0, 0.1) is 0 Å². The molecule has 0 atom stereocenters. The normalized spacial score (nSPS) is 18.9. The van der Waals surface area contributed by atoms with Crippen LogP contribution in [0.15, 0.2) is 0 Å². The minimum Gasteiger partial charge on any atom is -0.476 e. The summed E-state index contributed by atoms with van der Waals surface area (Å²) in [7, 11) is 2.93. The zero-order valence-corrected chi connectivity index (χ0v) is 6.17. The molecule has 0 saturated carbocycles. The number of carbonyl (C=O) groups is 1. The van der Waals surface area contributed by atoms with Crippen molar-refractivity contribution >= 4 is 13.3 Å². The summed E-state index contributed by atoms with van der Waals surface area (Å²) in [6, 6.07) is 0. The zero-order chi connectivity index (χ0) is 7.40. The highest BCUT2D eigenvalue weighted by Gasteiger charge is 2.17. The summed E-state index contributed by atoms with van der Waals surface area (Å²) < 4.78 is 4.48. The predicted molar refractivity (Wildman–Crippen MR) is 39.0 cm³/mol. The monoisotopic (exact) mass is 140 g/mol. The molecule has 0 unspecified atom stereocenters. The molecule has 0 N–H and O–H groups in total. The number of ether oxygens (including phenoxy) is 1. The number of rotatable bonds is 2. The highest BCUT2D eigenvalue weighted by molar-refractivity contribution is 6.69. The molecule has 0 aromatic carbocycles. The molecule has 0 aromatic heterocycles. The van der Waals surface area contributed by atoms with E-state index in [0.717, 1.165) is 13.1 Å². The minimum absolute atomic E-state index is 0.248. The van der Waals surface area contributed by atoms with Crippen LogP contribution in [0.3, 0.4) is 0 Å². The summed E-state index contributed by atoms with van der Waals surface area (Å²) in [5, 5.41) is 0. The molecule has 1 rings (SSSR count). The quantitative estimate of drug-likeness (QED) is 0.522. The molecule has 1 aliphatic rings. The van der Waals surface area contributed by atoms with Crippen molar-refractivity contribution in [1.29, 1.82) is 0 Å². The molecule has 55 valence electrons. The maximum absolute atomic E-state index is 10.6. The van der Waals surface area contributed by atoms with E-state index in [1.54, 1.807) is 0 Å². The summed E-state index contributed by atoms with van der Waals surface area (Å²) >= 11 is 0. The van der Waals surface area contributed by atoms with Crippen LogP contribution in [-0.2, 0) is 4.74 Å². The Kier molecular flexibility index (Phi) is 2.74. The van der Waals surface area contributed by atoms with Crippen molar-refractivity contribution in [3.8, 4) is 0 Å². The molecule has 3 nitrogen and oxygen atoms in total. The first kappa shape index (κ1) is 7.60. The molecule has 1 radical (unpaired) electrons. The van der Waals surface area contributed by atoms with E-state index in [9.17, 15) is 4.79 Å². The molecule has 4 heteroatoms. The largest absolute Gasteiger partial charge is 0.476 e. The van der Waals surface area contributed by atoms with Crippen LogP contribution < -0.4 is 0 Å². The van der Waals surface area contributed by atoms with Crippen LogP contribution in [-0.4, -0.2) is 38.3 Å². The zero-order valence-electron chi connectivity index (χ0n) is 6.17. The summed E-state index contributed by atoms with van der Waals surface area (Å²) in [6.45, 7) is 1.99. The van der Waals surface area contributed by atoms with E-state index in [2.05, 4.69) is 4.74 Å². The van der Waals surface area contributed by atoms with E-state index in [-0.39, 0.29) is 5.87 Å². The third kappa shape index (κ3) is 2.03. The maximum Gasteiger partial charge on any atom is 0.357 e. The van der Waals surface area contributed by atoms with Gasteiger partial charge in [0.1, 0.15) is 0 Å². The molecular formula is C6H11BNO2. The number of hydrogen-bond acceptors (Lipinski definition) is 3. The van der Waals surface area contributed by atoms with E-state index < -0.39 is 0 Å². The molecule has 0 amide bonds. The van der Waals surface area contributed by atoms with Crippen molar-refractivity contribution in [2.45, 2.75) is 12.8 Å². The lowest BCUT2D eigenvalue weighted by atomic mass is 9.93. The number of methoxy groups -OCH3 is 1. The van der Waals surface area contributed by atoms with Crippen LogP contribution >= 0.6 is 0 Å². The van der Waals surface area contributed by atoms with Gasteiger partial charge in [-0.2, -0.15) is 0 Å². The lowest BCUT2D eigenvalue weighted by Crippen LogP contribution is -2.30. The van der Waals surface area contributed by atoms with Crippen molar-refractivity contribution in [2.24, 2.45) is 0 Å². The summed E-state index contributed by atoms with van der Waals surface area (Å²) in [4.78, 5) is 12.6. The van der Waals surface area contributed by atoms with Gasteiger partial charge in [0.15, 0.2) is 0 Å². The fourth-order valence-electron chi connectivity index (χ4n) is 1.07. The minimum atomic E-state index is -0.248. The van der Waals surface area contributed by atoms with Gasteiger partial charge in [0.05, 0.1) is 7.11 Å². The Labute approximate surface area is 61.6 Å². The first-order valence-electron chi connectivity index (χ1n) is 3.50. The van der Waals surface area contributed by atoms with E-state index in [4.69, 9.17) is 0 Å². The van der Waals surface area contributed by atoms with Gasteiger partial charge in [-0.3, -0.25) is 4.79 Å². The molecule has 1 heterocycles. The highest BCUT2D eigenvalue weighted by atomic mass is 16.5. The molecule has 10 heavy (non-hydrogen) atoms. The van der Waals surface area contributed by atoms with Crippen LogP contribution in [0.2, 0.25) is 0 Å². The van der Waals surface area contributed by atoms with Gasteiger partial charge < -0.3 is 9.55 Å². The van der Waals surface area contributed by atoms with Crippen molar-refractivity contribution < 1.29 is 9.53 Å². The van der Waals surface area contributed by atoms with Crippen LogP contribution in [0.5, 0.6) is 0 Å². The second kappa shape index (κ2) is 3.61. The third-order valence-electron chi connectivity index (χ3n) is 1.63. The predicted octanol–water partition coefficient (Wildman–Crippen LogP) is 0.468. The second-order valence-corrected chi connectivity index (χ2v) is 2.40. The van der Waals surface area contributed by atoms with E-state index >= 15 is 0 Å². The Morgan fingerprint density at radius 3 is 2.60 bits per heavy atom. The average molecular weight is 140 g/mol. The number of carbonyl (C=O) groups excluding carboxylic acids is 1. The Balaban J connectivity index is 2.17. The van der Waals surface area contributed by atoms with E-state index in [1.807, 2.05) is 4.81 Å². The SMILES string of the molecule is COC(=O)[B]N1CCCC1. The Hall–Kier alpha value is -0.505. The fourth-order valence-corrected chi connectivity index (χ4v) is 1.07. The van der Waals surface area contributed by atoms with Crippen molar-refractivity contribution in [1.82, 2.24) is 4.81 Å². The topological polar surface area (TPSA) is 29.5 Å². The van der Waals surface area contributed by atoms with E-state index in [1.165, 1.54) is 27.4 Å². The standard InChI is InChI=1S/C6H11BNO2/c1-10-6(9)7-8-4-2-3-5-8/h2-5H2,1H3. The van der Waals surface area contributed by atoms with Crippen molar-refractivity contribution in [3.63, 3.8) is 0 Å². The molecule has 1 aliphatic heterocycles. The fraction of sp³-hybridized carbons (Fsp3) is 0.833. The Morgan fingerprint density at radius 1 is 1.50 bits per heavy atom. The molecule has 0 spiro atoms. The van der Waals surface area contributed by atoms with Gasteiger partial charge >= 0.3 is 7.41 Å². The van der Waals surface area contributed by atoms with Gasteiger partial charge in [-0.25, -0.2) is 0 Å².